The number of rotatable bonds is 2. The first-order valence-electron chi connectivity index (χ1n) is 5.42. The summed E-state index contributed by atoms with van der Waals surface area (Å²) >= 11 is 0. The summed E-state index contributed by atoms with van der Waals surface area (Å²) in [6.07, 6.45) is 0. The van der Waals surface area contributed by atoms with Gasteiger partial charge in [-0.1, -0.05) is 0 Å². The van der Waals surface area contributed by atoms with E-state index in [4.69, 9.17) is 15.2 Å². The van der Waals surface area contributed by atoms with Crippen LogP contribution in [0.3, 0.4) is 0 Å². The van der Waals surface area contributed by atoms with Crippen molar-refractivity contribution in [2.45, 2.75) is 33.3 Å². The van der Waals surface area contributed by atoms with E-state index in [-0.39, 0.29) is 5.97 Å². The molecule has 0 fully saturated rings. The number of ether oxygens (including phenoxy) is 2. The zero-order valence-electron chi connectivity index (χ0n) is 11.0. The van der Waals surface area contributed by atoms with Crippen molar-refractivity contribution in [3.63, 3.8) is 0 Å². The average Bonchev–Trinajstić information content (AvgIpc) is 2.19. The molecule has 0 aromatic heterocycles. The average molecular weight is 237 g/mol. The lowest BCUT2D eigenvalue weighted by Gasteiger charge is -2.20. The monoisotopic (exact) mass is 237 g/mol. The molecule has 2 N–H and O–H groups in total. The summed E-state index contributed by atoms with van der Waals surface area (Å²) in [7, 11) is 1.54. The number of anilines is 1. The first kappa shape index (κ1) is 13.4. The molecule has 17 heavy (non-hydrogen) atoms. The first-order valence-corrected chi connectivity index (χ1v) is 5.42. The highest BCUT2D eigenvalue weighted by molar-refractivity contribution is 5.93. The van der Waals surface area contributed by atoms with E-state index in [2.05, 4.69) is 0 Å². The highest BCUT2D eigenvalue weighted by atomic mass is 16.6. The molecule has 0 aliphatic heterocycles. The molecular formula is C13H19NO3. The molecule has 0 saturated carbocycles. The Morgan fingerprint density at radius 1 is 1.29 bits per heavy atom. The minimum absolute atomic E-state index is 0.371. The van der Waals surface area contributed by atoms with Crippen molar-refractivity contribution in [3.05, 3.63) is 23.3 Å². The molecule has 0 bridgehead atoms. The van der Waals surface area contributed by atoms with Crippen LogP contribution in [0.25, 0.3) is 0 Å². The van der Waals surface area contributed by atoms with Gasteiger partial charge in [-0.3, -0.25) is 0 Å². The molecule has 0 saturated heterocycles. The third-order valence-electron chi connectivity index (χ3n) is 2.31. The Morgan fingerprint density at radius 2 is 1.88 bits per heavy atom. The summed E-state index contributed by atoms with van der Waals surface area (Å²) in [4.78, 5) is 11.9. The molecule has 4 nitrogen and oxygen atoms in total. The van der Waals surface area contributed by atoms with E-state index in [9.17, 15) is 4.79 Å². The zero-order chi connectivity index (χ0) is 13.2. The smallest absolute Gasteiger partial charge is 0.338 e. The molecule has 0 atom stereocenters. The maximum atomic E-state index is 11.9. The van der Waals surface area contributed by atoms with E-state index in [0.717, 1.165) is 0 Å². The number of nitrogens with two attached hydrogens (primary N) is 1. The normalized spacial score (nSPS) is 11.1. The standard InChI is InChI=1S/C13H19NO3/c1-8-9(12(15)17-13(2,3)4)6-7-10(16-5)11(8)14/h6-7H,14H2,1-5H3. The minimum Gasteiger partial charge on any atom is -0.495 e. The van der Waals surface area contributed by atoms with Gasteiger partial charge in [0.1, 0.15) is 11.4 Å². The van der Waals surface area contributed by atoms with Gasteiger partial charge in [-0.05, 0) is 45.4 Å². The van der Waals surface area contributed by atoms with Gasteiger partial charge in [-0.2, -0.15) is 0 Å². The van der Waals surface area contributed by atoms with Gasteiger partial charge in [0.05, 0.1) is 18.4 Å². The number of esters is 1. The predicted molar refractivity (Wildman–Crippen MR) is 67.3 cm³/mol. The summed E-state index contributed by atoms with van der Waals surface area (Å²) in [5.74, 6) is 0.194. The summed E-state index contributed by atoms with van der Waals surface area (Å²) in [6, 6.07) is 3.33. The highest BCUT2D eigenvalue weighted by Gasteiger charge is 2.20. The van der Waals surface area contributed by atoms with Gasteiger partial charge in [0.2, 0.25) is 0 Å². The zero-order valence-corrected chi connectivity index (χ0v) is 11.0. The molecule has 94 valence electrons. The van der Waals surface area contributed by atoms with Crippen molar-refractivity contribution in [3.8, 4) is 5.75 Å². The third kappa shape index (κ3) is 3.12. The number of hydrogen-bond acceptors (Lipinski definition) is 4. The molecule has 0 unspecified atom stereocenters. The second kappa shape index (κ2) is 4.65. The quantitative estimate of drug-likeness (QED) is 0.634. The molecule has 4 heteroatoms. The van der Waals surface area contributed by atoms with Crippen LogP contribution < -0.4 is 10.5 Å². The third-order valence-corrected chi connectivity index (χ3v) is 2.31. The Kier molecular flexibility index (Phi) is 3.66. The van der Waals surface area contributed by atoms with Crippen LogP contribution in [-0.2, 0) is 4.74 Å². The maximum Gasteiger partial charge on any atom is 0.338 e. The molecule has 0 aliphatic carbocycles. The molecule has 0 heterocycles. The number of benzene rings is 1. The topological polar surface area (TPSA) is 61.5 Å². The number of carbonyl (C=O) groups excluding carboxylic acids is 1. The van der Waals surface area contributed by atoms with Crippen LogP contribution in [0, 0.1) is 6.92 Å². The largest absolute Gasteiger partial charge is 0.495 e. The van der Waals surface area contributed by atoms with Gasteiger partial charge in [-0.15, -0.1) is 0 Å². The van der Waals surface area contributed by atoms with Crippen LogP contribution in [0.2, 0.25) is 0 Å². The number of methoxy groups -OCH3 is 1. The Bertz CT molecular complexity index is 433. The first-order chi connectivity index (χ1) is 7.76. The lowest BCUT2D eigenvalue weighted by atomic mass is 10.1. The Labute approximate surface area is 102 Å². The Hall–Kier alpha value is -1.71. The van der Waals surface area contributed by atoms with E-state index in [0.29, 0.717) is 22.6 Å². The fourth-order valence-corrected chi connectivity index (χ4v) is 1.44. The summed E-state index contributed by atoms with van der Waals surface area (Å²) < 4.78 is 10.4. The predicted octanol–water partition coefficient (Wildman–Crippen LogP) is 2.54. The van der Waals surface area contributed by atoms with Gasteiger partial charge in [0.25, 0.3) is 0 Å². The number of hydrogen-bond donors (Lipinski definition) is 1. The molecule has 0 spiro atoms. The lowest BCUT2D eigenvalue weighted by molar-refractivity contribution is 0.00688. The molecule has 0 radical (unpaired) electrons. The molecule has 0 aliphatic rings. The molecule has 1 aromatic carbocycles. The van der Waals surface area contributed by atoms with Crippen LogP contribution in [0.1, 0.15) is 36.7 Å². The van der Waals surface area contributed by atoms with Gasteiger partial charge >= 0.3 is 5.97 Å². The second-order valence-electron chi connectivity index (χ2n) is 4.86. The van der Waals surface area contributed by atoms with Crippen LogP contribution in [0.4, 0.5) is 5.69 Å². The van der Waals surface area contributed by atoms with E-state index in [1.807, 2.05) is 20.8 Å². The molecule has 1 aromatic rings. The summed E-state index contributed by atoms with van der Waals surface area (Å²) in [5, 5.41) is 0. The van der Waals surface area contributed by atoms with E-state index in [1.54, 1.807) is 19.1 Å². The van der Waals surface area contributed by atoms with Crippen LogP contribution >= 0.6 is 0 Å². The van der Waals surface area contributed by atoms with Crippen molar-refractivity contribution in [1.29, 1.82) is 0 Å². The van der Waals surface area contributed by atoms with Crippen LogP contribution in [0.15, 0.2) is 12.1 Å². The van der Waals surface area contributed by atoms with E-state index in [1.165, 1.54) is 7.11 Å². The molecular weight excluding hydrogens is 218 g/mol. The highest BCUT2D eigenvalue weighted by Crippen LogP contribution is 2.28. The van der Waals surface area contributed by atoms with Crippen LogP contribution in [-0.4, -0.2) is 18.7 Å². The van der Waals surface area contributed by atoms with Crippen molar-refractivity contribution in [2.75, 3.05) is 12.8 Å². The minimum atomic E-state index is -0.516. The van der Waals surface area contributed by atoms with Crippen molar-refractivity contribution >= 4 is 11.7 Å². The fraction of sp³-hybridized carbons (Fsp3) is 0.462. The molecule has 1 rings (SSSR count). The van der Waals surface area contributed by atoms with Crippen molar-refractivity contribution in [1.82, 2.24) is 0 Å². The van der Waals surface area contributed by atoms with Crippen molar-refractivity contribution in [2.24, 2.45) is 0 Å². The fourth-order valence-electron chi connectivity index (χ4n) is 1.44. The van der Waals surface area contributed by atoms with Gasteiger partial charge in [-0.25, -0.2) is 4.79 Å². The van der Waals surface area contributed by atoms with Gasteiger partial charge in [0.15, 0.2) is 0 Å². The Balaban J connectivity index is 3.08. The number of nitrogen functional groups attached to an aromatic ring is 1. The van der Waals surface area contributed by atoms with Crippen molar-refractivity contribution < 1.29 is 14.3 Å². The lowest BCUT2D eigenvalue weighted by Crippen LogP contribution is -2.24. The maximum absolute atomic E-state index is 11.9. The van der Waals surface area contributed by atoms with E-state index < -0.39 is 5.60 Å². The Morgan fingerprint density at radius 3 is 2.35 bits per heavy atom. The SMILES string of the molecule is COc1ccc(C(=O)OC(C)(C)C)c(C)c1N. The molecule has 0 amide bonds. The summed E-state index contributed by atoms with van der Waals surface area (Å²) in [6.45, 7) is 7.25. The van der Waals surface area contributed by atoms with Gasteiger partial charge in [0, 0.05) is 0 Å². The van der Waals surface area contributed by atoms with Crippen LogP contribution in [0.5, 0.6) is 5.75 Å². The number of carbonyl (C=O) groups is 1. The van der Waals surface area contributed by atoms with E-state index >= 15 is 0 Å². The second-order valence-corrected chi connectivity index (χ2v) is 4.86. The van der Waals surface area contributed by atoms with Gasteiger partial charge < -0.3 is 15.2 Å². The summed E-state index contributed by atoms with van der Waals surface area (Å²) in [5.41, 5.74) is 6.97.